The van der Waals surface area contributed by atoms with Gasteiger partial charge in [0.1, 0.15) is 22.7 Å². The molecule has 0 atom stereocenters. The lowest BCUT2D eigenvalue weighted by molar-refractivity contribution is -0.117. The van der Waals surface area contributed by atoms with Crippen molar-refractivity contribution in [2.24, 2.45) is 5.92 Å². The number of carbonyl (C=O) groups excluding carboxylic acids is 1. The van der Waals surface area contributed by atoms with Crippen LogP contribution < -0.4 is 5.32 Å². The van der Waals surface area contributed by atoms with Crippen molar-refractivity contribution < 1.29 is 9.18 Å². The van der Waals surface area contributed by atoms with E-state index < -0.39 is 0 Å². The highest BCUT2D eigenvalue weighted by Gasteiger charge is 2.29. The van der Waals surface area contributed by atoms with Crippen LogP contribution in [0.15, 0.2) is 67.3 Å². The minimum atomic E-state index is -0.365. The number of amides is 1. The fourth-order valence-electron chi connectivity index (χ4n) is 4.40. The monoisotopic (exact) mass is 490 g/mol. The van der Waals surface area contributed by atoms with Crippen LogP contribution in [0.4, 0.5) is 10.1 Å². The molecule has 6 aromatic rings. The quantitative estimate of drug-likeness (QED) is 0.308. The fourth-order valence-corrected chi connectivity index (χ4v) is 4.40. The highest BCUT2D eigenvalue weighted by molar-refractivity contribution is 5.97. The molecule has 0 aliphatic heterocycles. The van der Waals surface area contributed by atoms with E-state index in [1.54, 1.807) is 49.1 Å². The second-order valence-corrected chi connectivity index (χ2v) is 9.04. The smallest absolute Gasteiger partial charge is 0.227 e. The maximum Gasteiger partial charge on any atom is 0.227 e. The molecule has 1 aliphatic rings. The van der Waals surface area contributed by atoms with Crippen molar-refractivity contribution in [2.45, 2.75) is 12.8 Å². The molecule has 5 heterocycles. The zero-order valence-corrected chi connectivity index (χ0v) is 19.4. The van der Waals surface area contributed by atoms with Gasteiger partial charge in [0, 0.05) is 41.2 Å². The first kappa shape index (κ1) is 21.3. The average Bonchev–Trinajstić information content (AvgIpc) is 3.55. The summed E-state index contributed by atoms with van der Waals surface area (Å²) in [6.07, 6.45) is 8.57. The van der Waals surface area contributed by atoms with Gasteiger partial charge in [-0.1, -0.05) is 12.1 Å². The summed E-state index contributed by atoms with van der Waals surface area (Å²) in [6, 6.07) is 12.1. The second kappa shape index (κ2) is 8.30. The van der Waals surface area contributed by atoms with Crippen molar-refractivity contribution in [3.63, 3.8) is 0 Å². The lowest BCUT2D eigenvalue weighted by Crippen LogP contribution is -2.13. The van der Waals surface area contributed by atoms with E-state index in [4.69, 9.17) is 4.98 Å². The van der Waals surface area contributed by atoms with Crippen LogP contribution in [-0.4, -0.2) is 41.0 Å². The zero-order chi connectivity index (χ0) is 24.9. The van der Waals surface area contributed by atoms with Gasteiger partial charge in [-0.05, 0) is 43.2 Å². The van der Waals surface area contributed by atoms with Crippen molar-refractivity contribution >= 4 is 33.7 Å². The normalized spacial score (nSPS) is 13.3. The Morgan fingerprint density at radius 2 is 1.86 bits per heavy atom. The average molecular weight is 491 g/mol. The third-order valence-electron chi connectivity index (χ3n) is 6.46. The van der Waals surface area contributed by atoms with Gasteiger partial charge >= 0.3 is 0 Å². The highest BCUT2D eigenvalue weighted by atomic mass is 19.1. The molecule has 1 fully saturated rings. The number of carbonyl (C=O) groups is 1. The third-order valence-corrected chi connectivity index (χ3v) is 6.46. The van der Waals surface area contributed by atoms with Crippen molar-refractivity contribution in [1.29, 1.82) is 0 Å². The summed E-state index contributed by atoms with van der Waals surface area (Å²) in [7, 11) is 0. The number of halogens is 1. The topological polar surface area (TPSA) is 125 Å². The van der Waals surface area contributed by atoms with Gasteiger partial charge in [0.15, 0.2) is 11.5 Å². The molecule has 1 saturated carbocycles. The number of fused-ring (bicyclic) bond motifs is 2. The minimum absolute atomic E-state index is 0.0266. The van der Waals surface area contributed by atoms with Gasteiger partial charge in [0.25, 0.3) is 0 Å². The number of nitrogens with zero attached hydrogens (tertiary/aromatic N) is 5. The summed E-state index contributed by atoms with van der Waals surface area (Å²) in [5.74, 6) is 0.275. The van der Waals surface area contributed by atoms with E-state index in [-0.39, 0.29) is 17.6 Å². The standard InChI is InChI=1S/C27H19FN8O/c28-20-4-2-1-3-18(20)22-24-21(7-8-30-22)33-26(34-24)23-19-10-16(12-31-25(19)36-35-23)15-9-17(13-29-11-15)32-27(37)14-5-6-14/h1-4,7-14H,5-6H2,(H,32,37)(H,33,34)(H,31,35,36). The zero-order valence-electron chi connectivity index (χ0n) is 19.4. The maximum absolute atomic E-state index is 14.5. The summed E-state index contributed by atoms with van der Waals surface area (Å²) in [6.45, 7) is 0. The first-order valence-electron chi connectivity index (χ1n) is 11.8. The predicted molar refractivity (Wildman–Crippen MR) is 137 cm³/mol. The number of imidazole rings is 1. The Balaban J connectivity index is 1.29. The van der Waals surface area contributed by atoms with E-state index in [1.807, 2.05) is 12.1 Å². The van der Waals surface area contributed by atoms with E-state index in [9.17, 15) is 9.18 Å². The number of H-pyrrole nitrogens is 2. The molecule has 180 valence electrons. The largest absolute Gasteiger partial charge is 0.336 e. The van der Waals surface area contributed by atoms with Crippen molar-refractivity contribution in [3.05, 3.63) is 73.1 Å². The Morgan fingerprint density at radius 3 is 2.73 bits per heavy atom. The molecule has 10 heteroatoms. The molecule has 37 heavy (non-hydrogen) atoms. The number of aromatic amines is 2. The molecule has 0 spiro atoms. The Hall–Kier alpha value is -4.99. The van der Waals surface area contributed by atoms with Gasteiger partial charge in [-0.25, -0.2) is 14.4 Å². The van der Waals surface area contributed by atoms with Gasteiger partial charge in [-0.3, -0.25) is 19.9 Å². The van der Waals surface area contributed by atoms with Crippen LogP contribution in [0.5, 0.6) is 0 Å². The molecular weight excluding hydrogens is 471 g/mol. The van der Waals surface area contributed by atoms with Crippen LogP contribution in [-0.2, 0) is 4.79 Å². The highest BCUT2D eigenvalue weighted by Crippen LogP contribution is 2.33. The summed E-state index contributed by atoms with van der Waals surface area (Å²) >= 11 is 0. The number of aromatic nitrogens is 7. The summed E-state index contributed by atoms with van der Waals surface area (Å²) in [4.78, 5) is 33.4. The third kappa shape index (κ3) is 3.79. The van der Waals surface area contributed by atoms with E-state index in [0.717, 1.165) is 29.4 Å². The molecule has 9 nitrogen and oxygen atoms in total. The molecule has 0 bridgehead atoms. The van der Waals surface area contributed by atoms with Crippen LogP contribution in [0.2, 0.25) is 0 Å². The first-order chi connectivity index (χ1) is 18.1. The van der Waals surface area contributed by atoms with Crippen molar-refractivity contribution in [3.8, 4) is 33.9 Å². The van der Waals surface area contributed by atoms with E-state index in [1.165, 1.54) is 6.07 Å². The van der Waals surface area contributed by atoms with Gasteiger partial charge in [0.2, 0.25) is 5.91 Å². The van der Waals surface area contributed by atoms with Gasteiger partial charge < -0.3 is 10.3 Å². The SMILES string of the molecule is O=C(Nc1cncc(-c2cnc3[nH]nc(-c4nc5c(-c6ccccc6F)nccc5[nH]4)c3c2)c1)C1CC1. The number of hydrogen-bond acceptors (Lipinski definition) is 6. The Bertz CT molecular complexity index is 1820. The number of benzene rings is 1. The van der Waals surface area contributed by atoms with Gasteiger partial charge in [0.05, 0.1) is 22.8 Å². The van der Waals surface area contributed by atoms with Crippen molar-refractivity contribution in [2.75, 3.05) is 5.32 Å². The molecule has 0 saturated heterocycles. The molecule has 1 aromatic carbocycles. The molecule has 1 aliphatic carbocycles. The Kier molecular flexibility index (Phi) is 4.78. The van der Waals surface area contributed by atoms with E-state index >= 15 is 0 Å². The molecule has 0 unspecified atom stereocenters. The van der Waals surface area contributed by atoms with Crippen LogP contribution in [0.3, 0.4) is 0 Å². The fraction of sp³-hybridized carbons (Fsp3) is 0.111. The molecule has 7 rings (SSSR count). The lowest BCUT2D eigenvalue weighted by atomic mass is 10.1. The van der Waals surface area contributed by atoms with Crippen LogP contribution in [0.1, 0.15) is 12.8 Å². The van der Waals surface area contributed by atoms with E-state index in [2.05, 4.69) is 35.5 Å². The maximum atomic E-state index is 14.5. The summed E-state index contributed by atoms with van der Waals surface area (Å²) in [5, 5.41) is 11.1. The number of rotatable bonds is 5. The second-order valence-electron chi connectivity index (χ2n) is 9.04. The minimum Gasteiger partial charge on any atom is -0.336 e. The summed E-state index contributed by atoms with van der Waals surface area (Å²) < 4.78 is 14.5. The van der Waals surface area contributed by atoms with Crippen LogP contribution >= 0.6 is 0 Å². The lowest BCUT2D eigenvalue weighted by Gasteiger charge is -2.06. The Labute approximate surface area is 209 Å². The molecule has 0 radical (unpaired) electrons. The number of hydrogen-bond donors (Lipinski definition) is 3. The summed E-state index contributed by atoms with van der Waals surface area (Å²) in [5.41, 5.74) is 5.53. The molecular formula is C27H19FN8O. The first-order valence-corrected chi connectivity index (χ1v) is 11.8. The molecule has 5 aromatic heterocycles. The molecule has 1 amide bonds. The van der Waals surface area contributed by atoms with Crippen LogP contribution in [0.25, 0.3) is 56.0 Å². The van der Waals surface area contributed by atoms with Gasteiger partial charge in [-0.2, -0.15) is 5.10 Å². The van der Waals surface area contributed by atoms with Crippen LogP contribution in [0, 0.1) is 11.7 Å². The van der Waals surface area contributed by atoms with Gasteiger partial charge in [-0.15, -0.1) is 0 Å². The van der Waals surface area contributed by atoms with Crippen molar-refractivity contribution in [1.82, 2.24) is 35.1 Å². The molecule has 3 N–H and O–H groups in total. The number of pyridine rings is 3. The number of nitrogens with one attached hydrogen (secondary N) is 3. The predicted octanol–water partition coefficient (Wildman–Crippen LogP) is 5.11. The number of anilines is 1. The van der Waals surface area contributed by atoms with E-state index in [0.29, 0.717) is 45.1 Å². The Morgan fingerprint density at radius 1 is 1.00 bits per heavy atom.